The van der Waals surface area contributed by atoms with Gasteiger partial charge >= 0.3 is 0 Å². The van der Waals surface area contributed by atoms with E-state index in [1.807, 2.05) is 54.6 Å². The Morgan fingerprint density at radius 1 is 1.10 bits per heavy atom. The van der Waals surface area contributed by atoms with Gasteiger partial charge in [0.15, 0.2) is 0 Å². The molecule has 0 fully saturated rings. The fourth-order valence-corrected chi connectivity index (χ4v) is 3.50. The number of aliphatic hydroxyl groups excluding tert-OH is 1. The molecular formula is C23H23N3O3. The highest BCUT2D eigenvalue weighted by atomic mass is 16.5. The monoisotopic (exact) mass is 389 g/mol. The zero-order chi connectivity index (χ0) is 20.2. The number of methoxy groups -OCH3 is 1. The van der Waals surface area contributed by atoms with Crippen LogP contribution in [-0.4, -0.2) is 39.1 Å². The van der Waals surface area contributed by atoms with Gasteiger partial charge in [-0.1, -0.05) is 42.5 Å². The van der Waals surface area contributed by atoms with Crippen LogP contribution in [0.4, 0.5) is 0 Å². The minimum absolute atomic E-state index is 0.274. The molecule has 6 heteroatoms. The molecule has 0 saturated carbocycles. The fraction of sp³-hybridized carbons (Fsp3) is 0.261. The molecule has 148 valence electrons. The summed E-state index contributed by atoms with van der Waals surface area (Å²) in [6, 6.07) is 17.3. The summed E-state index contributed by atoms with van der Waals surface area (Å²) in [6.45, 7) is 0.834. The number of aromatic nitrogens is 2. The lowest BCUT2D eigenvalue weighted by Gasteiger charge is -2.19. The van der Waals surface area contributed by atoms with E-state index in [2.05, 4.69) is 9.97 Å². The second-order valence-corrected chi connectivity index (χ2v) is 7.18. The van der Waals surface area contributed by atoms with Gasteiger partial charge in [0.2, 0.25) is 0 Å². The summed E-state index contributed by atoms with van der Waals surface area (Å²) >= 11 is 0. The summed E-state index contributed by atoms with van der Waals surface area (Å²) in [5, 5.41) is 10.4. The minimum Gasteiger partial charge on any atom is -0.497 e. The highest BCUT2D eigenvalue weighted by Crippen LogP contribution is 2.22. The third kappa shape index (κ3) is 4.43. The average Bonchev–Trinajstić information content (AvgIpc) is 3.18. The number of ether oxygens (including phenoxy) is 1. The van der Waals surface area contributed by atoms with E-state index in [1.54, 1.807) is 18.2 Å². The minimum atomic E-state index is -1.06. The predicted octanol–water partition coefficient (Wildman–Crippen LogP) is 2.52. The van der Waals surface area contributed by atoms with Gasteiger partial charge in [-0.15, -0.1) is 0 Å². The van der Waals surface area contributed by atoms with Crippen molar-refractivity contribution in [2.45, 2.75) is 32.0 Å². The molecule has 2 aromatic carbocycles. The van der Waals surface area contributed by atoms with E-state index >= 15 is 0 Å². The number of benzene rings is 2. The average molecular weight is 389 g/mol. The number of aliphatic hydroxyl groups is 1. The van der Waals surface area contributed by atoms with Crippen LogP contribution >= 0.6 is 0 Å². The Labute approximate surface area is 169 Å². The summed E-state index contributed by atoms with van der Waals surface area (Å²) in [4.78, 5) is 23.4. The summed E-state index contributed by atoms with van der Waals surface area (Å²) in [5.41, 5.74) is 3.81. The number of rotatable bonds is 6. The third-order valence-corrected chi connectivity index (χ3v) is 5.10. The molecule has 1 aromatic heterocycles. The smallest absolute Gasteiger partial charge is 0.252 e. The predicted molar refractivity (Wildman–Crippen MR) is 108 cm³/mol. The number of nitrogens with zero attached hydrogens (tertiary/aromatic N) is 3. The van der Waals surface area contributed by atoms with Crippen LogP contribution in [0.15, 0.2) is 60.8 Å². The molecule has 4 rings (SSSR count). The molecule has 1 N–H and O–H groups in total. The first-order chi connectivity index (χ1) is 14.1. The van der Waals surface area contributed by atoms with Gasteiger partial charge in [0.25, 0.3) is 5.91 Å². The summed E-state index contributed by atoms with van der Waals surface area (Å²) < 4.78 is 5.18. The van der Waals surface area contributed by atoms with Crippen molar-refractivity contribution < 1.29 is 14.6 Å². The first-order valence-corrected chi connectivity index (χ1v) is 9.60. The molecule has 6 nitrogen and oxygen atoms in total. The number of amides is 1. The number of carbonyl (C=O) groups excluding carboxylic acids is 1. The Kier molecular flexibility index (Phi) is 5.53. The van der Waals surface area contributed by atoms with Crippen molar-refractivity contribution in [2.24, 2.45) is 0 Å². The highest BCUT2D eigenvalue weighted by Gasteiger charge is 2.29. The highest BCUT2D eigenvalue weighted by molar-refractivity contribution is 5.81. The standard InChI is InChI=1S/C23H23N3O3/c1-29-19-9-7-17(8-10-19)12-22-24-13-18-14-26(15-20(18)25-22)23(28)21(27)11-16-5-3-2-4-6-16/h2-10,13,21,27H,11-12,14-15H2,1H3/t21-/m0/s1. The molecule has 0 radical (unpaired) electrons. The van der Waals surface area contributed by atoms with Crippen molar-refractivity contribution in [1.29, 1.82) is 0 Å². The molecule has 1 atom stereocenters. The Morgan fingerprint density at radius 2 is 1.86 bits per heavy atom. The zero-order valence-corrected chi connectivity index (χ0v) is 16.3. The van der Waals surface area contributed by atoms with Gasteiger partial charge in [0.1, 0.15) is 17.7 Å². The van der Waals surface area contributed by atoms with Crippen LogP contribution in [0.2, 0.25) is 0 Å². The Hall–Kier alpha value is -3.25. The van der Waals surface area contributed by atoms with E-state index in [-0.39, 0.29) is 5.91 Å². The van der Waals surface area contributed by atoms with Crippen LogP contribution < -0.4 is 4.74 Å². The van der Waals surface area contributed by atoms with E-state index in [4.69, 9.17) is 4.74 Å². The Morgan fingerprint density at radius 3 is 2.59 bits per heavy atom. The van der Waals surface area contributed by atoms with Crippen molar-refractivity contribution >= 4 is 5.91 Å². The van der Waals surface area contributed by atoms with E-state index < -0.39 is 6.10 Å². The van der Waals surface area contributed by atoms with Gasteiger partial charge in [-0.3, -0.25) is 4.79 Å². The second-order valence-electron chi connectivity index (χ2n) is 7.18. The van der Waals surface area contributed by atoms with Gasteiger partial charge in [-0.05, 0) is 23.3 Å². The van der Waals surface area contributed by atoms with Crippen molar-refractivity contribution in [3.8, 4) is 5.75 Å². The molecule has 0 bridgehead atoms. The number of carbonyl (C=O) groups is 1. The summed E-state index contributed by atoms with van der Waals surface area (Å²) in [5.74, 6) is 1.25. The lowest BCUT2D eigenvalue weighted by atomic mass is 10.1. The maximum Gasteiger partial charge on any atom is 0.252 e. The first kappa shape index (κ1) is 19.1. The van der Waals surface area contributed by atoms with Crippen molar-refractivity contribution in [3.05, 3.63) is 89.0 Å². The quantitative estimate of drug-likeness (QED) is 0.701. The molecule has 3 aromatic rings. The molecule has 0 unspecified atom stereocenters. The largest absolute Gasteiger partial charge is 0.497 e. The molecular weight excluding hydrogens is 366 g/mol. The van der Waals surface area contributed by atoms with E-state index in [0.717, 1.165) is 28.1 Å². The second kappa shape index (κ2) is 8.41. The van der Waals surface area contributed by atoms with Crippen LogP contribution in [-0.2, 0) is 30.7 Å². The number of hydrogen-bond donors (Lipinski definition) is 1. The molecule has 29 heavy (non-hydrogen) atoms. The molecule has 1 amide bonds. The van der Waals surface area contributed by atoms with E-state index in [1.165, 1.54) is 0 Å². The molecule has 1 aliphatic rings. The lowest BCUT2D eigenvalue weighted by molar-refractivity contribution is -0.140. The molecule has 2 heterocycles. The Bertz CT molecular complexity index is 990. The topological polar surface area (TPSA) is 75.6 Å². The van der Waals surface area contributed by atoms with Crippen LogP contribution in [0.3, 0.4) is 0 Å². The third-order valence-electron chi connectivity index (χ3n) is 5.10. The molecule has 0 aliphatic carbocycles. The maximum atomic E-state index is 12.7. The van der Waals surface area contributed by atoms with Gasteiger partial charge in [-0.2, -0.15) is 0 Å². The number of fused-ring (bicyclic) bond motifs is 1. The van der Waals surface area contributed by atoms with Crippen LogP contribution in [0, 0.1) is 0 Å². The van der Waals surface area contributed by atoms with Crippen LogP contribution in [0.1, 0.15) is 28.2 Å². The normalized spacial score (nSPS) is 13.8. The maximum absolute atomic E-state index is 12.7. The van der Waals surface area contributed by atoms with Gasteiger partial charge < -0.3 is 14.7 Å². The molecule has 1 aliphatic heterocycles. The summed E-state index contributed by atoms with van der Waals surface area (Å²) in [6.07, 6.45) is 1.65. The zero-order valence-electron chi connectivity index (χ0n) is 16.3. The first-order valence-electron chi connectivity index (χ1n) is 9.60. The molecule has 0 spiro atoms. The van der Waals surface area contributed by atoms with E-state index in [9.17, 15) is 9.90 Å². The van der Waals surface area contributed by atoms with Crippen LogP contribution in [0.25, 0.3) is 0 Å². The SMILES string of the molecule is COc1ccc(Cc2ncc3c(n2)CN(C(=O)[C@@H](O)Cc2ccccc2)C3)cc1. The number of hydrogen-bond acceptors (Lipinski definition) is 5. The Balaban J connectivity index is 1.40. The molecule has 0 saturated heterocycles. The lowest BCUT2D eigenvalue weighted by Crippen LogP contribution is -2.36. The van der Waals surface area contributed by atoms with Gasteiger partial charge in [0, 0.05) is 31.1 Å². The van der Waals surface area contributed by atoms with E-state index in [0.29, 0.717) is 31.8 Å². The van der Waals surface area contributed by atoms with Crippen molar-refractivity contribution in [2.75, 3.05) is 7.11 Å². The van der Waals surface area contributed by atoms with Gasteiger partial charge in [0.05, 0.1) is 19.3 Å². The van der Waals surface area contributed by atoms with Crippen molar-refractivity contribution in [1.82, 2.24) is 14.9 Å². The van der Waals surface area contributed by atoms with Gasteiger partial charge in [-0.25, -0.2) is 9.97 Å². The summed E-state index contributed by atoms with van der Waals surface area (Å²) in [7, 11) is 1.64. The fourth-order valence-electron chi connectivity index (χ4n) is 3.50. The van der Waals surface area contributed by atoms with Crippen LogP contribution in [0.5, 0.6) is 5.75 Å². The van der Waals surface area contributed by atoms with Crippen molar-refractivity contribution in [3.63, 3.8) is 0 Å².